The SMILES string of the molecule is O=C(NO)c1ccc2cc(C(=O)NCc3csc(-c4cccs4)n3)ccc2c1. The Morgan fingerprint density at radius 3 is 2.32 bits per heavy atom. The highest BCUT2D eigenvalue weighted by molar-refractivity contribution is 7.20. The van der Waals surface area contributed by atoms with Crippen LogP contribution >= 0.6 is 22.7 Å². The van der Waals surface area contributed by atoms with Crippen LogP contribution in [0.25, 0.3) is 20.7 Å². The molecule has 4 aromatic rings. The Bertz CT molecular complexity index is 1150. The maximum atomic E-state index is 12.5. The van der Waals surface area contributed by atoms with E-state index >= 15 is 0 Å². The molecule has 0 aliphatic carbocycles. The number of hydroxylamine groups is 1. The quantitative estimate of drug-likeness (QED) is 0.342. The van der Waals surface area contributed by atoms with Crippen LogP contribution in [0.2, 0.25) is 0 Å². The Hall–Kier alpha value is -3.07. The zero-order chi connectivity index (χ0) is 19.5. The van der Waals surface area contributed by atoms with Crippen LogP contribution in [0.1, 0.15) is 26.4 Å². The lowest BCUT2D eigenvalue weighted by Crippen LogP contribution is -2.22. The first-order chi connectivity index (χ1) is 13.6. The number of aromatic nitrogens is 1. The Balaban J connectivity index is 1.46. The summed E-state index contributed by atoms with van der Waals surface area (Å²) in [6.45, 7) is 0.356. The van der Waals surface area contributed by atoms with E-state index < -0.39 is 5.91 Å². The van der Waals surface area contributed by atoms with Crippen LogP contribution in [0.5, 0.6) is 0 Å². The van der Waals surface area contributed by atoms with E-state index in [1.54, 1.807) is 64.6 Å². The van der Waals surface area contributed by atoms with E-state index in [2.05, 4.69) is 10.3 Å². The number of fused-ring (bicyclic) bond motifs is 1. The monoisotopic (exact) mass is 409 g/mol. The number of hydrogen-bond donors (Lipinski definition) is 3. The number of hydrogen-bond acceptors (Lipinski definition) is 6. The molecule has 0 radical (unpaired) electrons. The molecular formula is C20H15N3O3S2. The standard InChI is InChI=1S/C20H15N3O3S2/c24-18(21-10-16-11-28-20(22-16)17-2-1-7-27-17)14-5-3-13-9-15(19(25)23-26)6-4-12(13)8-14/h1-9,11,26H,10H2,(H,21,24)(H,23,25). The van der Waals surface area contributed by atoms with Gasteiger partial charge in [-0.05, 0) is 46.5 Å². The maximum absolute atomic E-state index is 12.5. The van der Waals surface area contributed by atoms with Gasteiger partial charge in [0.15, 0.2) is 0 Å². The molecule has 3 N–H and O–H groups in total. The van der Waals surface area contributed by atoms with Crippen molar-refractivity contribution in [3.63, 3.8) is 0 Å². The molecule has 0 atom stereocenters. The molecule has 0 saturated carbocycles. The molecule has 0 fully saturated rings. The fourth-order valence-corrected chi connectivity index (χ4v) is 4.40. The Kier molecular flexibility index (Phi) is 5.16. The summed E-state index contributed by atoms with van der Waals surface area (Å²) in [5.41, 5.74) is 3.31. The molecule has 4 rings (SSSR count). The van der Waals surface area contributed by atoms with Crippen molar-refractivity contribution in [2.45, 2.75) is 6.54 Å². The summed E-state index contributed by atoms with van der Waals surface area (Å²) in [6, 6.07) is 14.2. The predicted molar refractivity (Wildman–Crippen MR) is 110 cm³/mol. The topological polar surface area (TPSA) is 91.3 Å². The minimum atomic E-state index is -0.575. The van der Waals surface area contributed by atoms with Gasteiger partial charge in [0.2, 0.25) is 0 Å². The molecule has 6 nitrogen and oxygen atoms in total. The van der Waals surface area contributed by atoms with Gasteiger partial charge in [-0.1, -0.05) is 18.2 Å². The Labute approximate surface area is 168 Å². The number of nitrogens with one attached hydrogen (secondary N) is 2. The number of carbonyl (C=O) groups excluding carboxylic acids is 2. The summed E-state index contributed by atoms with van der Waals surface area (Å²) in [7, 11) is 0. The van der Waals surface area contributed by atoms with Gasteiger partial charge in [0, 0.05) is 16.5 Å². The molecular weight excluding hydrogens is 394 g/mol. The number of thiophene rings is 1. The van der Waals surface area contributed by atoms with Crippen molar-refractivity contribution >= 4 is 45.3 Å². The van der Waals surface area contributed by atoms with E-state index in [1.165, 1.54) is 0 Å². The molecule has 0 spiro atoms. The molecule has 0 unspecified atom stereocenters. The second-order valence-electron chi connectivity index (χ2n) is 6.02. The second-order valence-corrected chi connectivity index (χ2v) is 7.83. The molecule has 28 heavy (non-hydrogen) atoms. The lowest BCUT2D eigenvalue weighted by Gasteiger charge is -2.06. The smallest absolute Gasteiger partial charge is 0.274 e. The number of nitrogens with zero attached hydrogens (tertiary/aromatic N) is 1. The Morgan fingerprint density at radius 2 is 1.68 bits per heavy atom. The van der Waals surface area contributed by atoms with Crippen molar-refractivity contribution in [3.05, 3.63) is 76.1 Å². The van der Waals surface area contributed by atoms with Gasteiger partial charge >= 0.3 is 0 Å². The molecule has 2 heterocycles. The minimum Gasteiger partial charge on any atom is -0.346 e. The second kappa shape index (κ2) is 7.89. The summed E-state index contributed by atoms with van der Waals surface area (Å²) in [5.74, 6) is -0.765. The first-order valence-corrected chi connectivity index (χ1v) is 10.1. The van der Waals surface area contributed by atoms with Gasteiger partial charge < -0.3 is 5.32 Å². The lowest BCUT2D eigenvalue weighted by atomic mass is 10.0. The molecule has 0 aliphatic heterocycles. The van der Waals surface area contributed by atoms with Crippen molar-refractivity contribution in [1.82, 2.24) is 15.8 Å². The van der Waals surface area contributed by atoms with Crippen molar-refractivity contribution in [2.24, 2.45) is 0 Å². The van der Waals surface area contributed by atoms with Crippen LogP contribution in [0.4, 0.5) is 0 Å². The summed E-state index contributed by atoms with van der Waals surface area (Å²) in [4.78, 5) is 29.7. The highest BCUT2D eigenvalue weighted by atomic mass is 32.1. The summed E-state index contributed by atoms with van der Waals surface area (Å²) in [6.07, 6.45) is 0. The fraction of sp³-hybridized carbons (Fsp3) is 0.0500. The zero-order valence-electron chi connectivity index (χ0n) is 14.5. The van der Waals surface area contributed by atoms with Gasteiger partial charge in [0.25, 0.3) is 11.8 Å². The number of amides is 2. The molecule has 2 aromatic carbocycles. The molecule has 0 aliphatic rings. The molecule has 0 saturated heterocycles. The van der Waals surface area contributed by atoms with Crippen LogP contribution in [0, 0.1) is 0 Å². The van der Waals surface area contributed by atoms with Crippen molar-refractivity contribution in [3.8, 4) is 9.88 Å². The lowest BCUT2D eigenvalue weighted by molar-refractivity contribution is 0.0706. The van der Waals surface area contributed by atoms with E-state index in [4.69, 9.17) is 5.21 Å². The summed E-state index contributed by atoms with van der Waals surface area (Å²) >= 11 is 3.20. The van der Waals surface area contributed by atoms with Crippen LogP contribution in [-0.2, 0) is 6.54 Å². The number of rotatable bonds is 5. The largest absolute Gasteiger partial charge is 0.346 e. The summed E-state index contributed by atoms with van der Waals surface area (Å²) < 4.78 is 0. The highest BCUT2D eigenvalue weighted by Gasteiger charge is 2.10. The first kappa shape index (κ1) is 18.3. The van der Waals surface area contributed by atoms with Crippen molar-refractivity contribution in [2.75, 3.05) is 0 Å². The normalized spacial score (nSPS) is 10.8. The minimum absolute atomic E-state index is 0.190. The van der Waals surface area contributed by atoms with Crippen molar-refractivity contribution < 1.29 is 14.8 Å². The van der Waals surface area contributed by atoms with Crippen LogP contribution in [-0.4, -0.2) is 22.0 Å². The molecule has 2 amide bonds. The van der Waals surface area contributed by atoms with Gasteiger partial charge in [-0.2, -0.15) is 0 Å². The first-order valence-electron chi connectivity index (χ1n) is 8.39. The third-order valence-electron chi connectivity index (χ3n) is 4.18. The average molecular weight is 409 g/mol. The van der Waals surface area contributed by atoms with Crippen LogP contribution in [0.3, 0.4) is 0 Å². The molecule has 0 bridgehead atoms. The molecule has 140 valence electrons. The molecule has 2 aromatic heterocycles. The van der Waals surface area contributed by atoms with Gasteiger partial charge in [-0.15, -0.1) is 22.7 Å². The number of benzene rings is 2. The van der Waals surface area contributed by atoms with E-state index in [1.807, 2.05) is 22.9 Å². The van der Waals surface area contributed by atoms with E-state index in [0.717, 1.165) is 26.4 Å². The Morgan fingerprint density at radius 1 is 0.964 bits per heavy atom. The molecule has 8 heteroatoms. The van der Waals surface area contributed by atoms with Crippen LogP contribution in [0.15, 0.2) is 59.3 Å². The van der Waals surface area contributed by atoms with E-state index in [-0.39, 0.29) is 5.91 Å². The average Bonchev–Trinajstić information content (AvgIpc) is 3.42. The van der Waals surface area contributed by atoms with E-state index in [0.29, 0.717) is 17.7 Å². The third kappa shape index (κ3) is 3.79. The van der Waals surface area contributed by atoms with Gasteiger partial charge in [0.05, 0.1) is 17.1 Å². The van der Waals surface area contributed by atoms with Gasteiger partial charge in [-0.25, -0.2) is 10.5 Å². The third-order valence-corrected chi connectivity index (χ3v) is 6.11. The highest BCUT2D eigenvalue weighted by Crippen LogP contribution is 2.27. The summed E-state index contributed by atoms with van der Waals surface area (Å²) in [5, 5.41) is 18.2. The number of carbonyl (C=O) groups is 2. The van der Waals surface area contributed by atoms with Gasteiger partial charge in [0.1, 0.15) is 5.01 Å². The zero-order valence-corrected chi connectivity index (χ0v) is 16.1. The maximum Gasteiger partial charge on any atom is 0.274 e. The van der Waals surface area contributed by atoms with Crippen molar-refractivity contribution in [1.29, 1.82) is 0 Å². The van der Waals surface area contributed by atoms with Gasteiger partial charge in [-0.3, -0.25) is 14.8 Å². The number of thiazole rings is 1. The predicted octanol–water partition coefficient (Wildman–Crippen LogP) is 4.07. The van der Waals surface area contributed by atoms with E-state index in [9.17, 15) is 9.59 Å². The fourth-order valence-electron chi connectivity index (χ4n) is 2.77. The van der Waals surface area contributed by atoms with Crippen LogP contribution < -0.4 is 10.8 Å².